The van der Waals surface area contributed by atoms with Crippen molar-refractivity contribution >= 4 is 30.1 Å². The number of hydrogen-bond acceptors (Lipinski definition) is 10. The van der Waals surface area contributed by atoms with Gasteiger partial charge >= 0.3 is 36.4 Å². The molecular formula is C30H50N2O10. The highest BCUT2D eigenvalue weighted by Crippen LogP contribution is 2.31. The molecule has 2 amide bonds. The molecule has 0 saturated heterocycles. The second-order valence-electron chi connectivity index (χ2n) is 13.2. The molecule has 0 unspecified atom stereocenters. The van der Waals surface area contributed by atoms with E-state index in [1.54, 1.807) is 48.5 Å². The summed E-state index contributed by atoms with van der Waals surface area (Å²) in [5, 5.41) is 5.54. The van der Waals surface area contributed by atoms with Crippen molar-refractivity contribution in [1.29, 1.82) is 0 Å². The van der Waals surface area contributed by atoms with Gasteiger partial charge in [-0.3, -0.25) is 9.59 Å². The van der Waals surface area contributed by atoms with Crippen LogP contribution in [0.1, 0.15) is 99.8 Å². The van der Waals surface area contributed by atoms with Crippen LogP contribution in [0.2, 0.25) is 0 Å². The highest BCUT2D eigenvalue weighted by molar-refractivity contribution is 5.82. The summed E-state index contributed by atoms with van der Waals surface area (Å²) in [5.41, 5.74) is -1.16. The molecule has 12 nitrogen and oxygen atoms in total. The predicted molar refractivity (Wildman–Crippen MR) is 152 cm³/mol. The molecule has 42 heavy (non-hydrogen) atoms. The first-order chi connectivity index (χ1) is 19.6. The average Bonchev–Trinajstić information content (AvgIpc) is 2.89. The fraction of sp³-hybridized carbons (Fsp3) is 0.833. The van der Waals surface area contributed by atoms with Crippen LogP contribution < -0.4 is 10.6 Å². The van der Waals surface area contributed by atoms with E-state index < -0.39 is 59.4 Å². The van der Waals surface area contributed by atoms with Gasteiger partial charge in [0.05, 0.1) is 18.4 Å². The maximum Gasteiger partial charge on any atom is 0.407 e. The van der Waals surface area contributed by atoms with Crippen molar-refractivity contribution in [2.45, 2.75) is 117 Å². The molecule has 0 heterocycles. The Hall–Kier alpha value is -3.05. The Morgan fingerprint density at radius 3 is 1.31 bits per heavy atom. The molecule has 0 bridgehead atoms. The first-order valence-electron chi connectivity index (χ1n) is 15.1. The van der Waals surface area contributed by atoms with Crippen LogP contribution in [0.25, 0.3) is 0 Å². The fourth-order valence-corrected chi connectivity index (χ4v) is 5.02. The van der Waals surface area contributed by atoms with Crippen LogP contribution in [-0.2, 0) is 38.1 Å². The van der Waals surface area contributed by atoms with Crippen molar-refractivity contribution in [2.75, 3.05) is 19.7 Å². The third kappa shape index (κ3) is 13.3. The van der Waals surface area contributed by atoms with Gasteiger partial charge in [0.2, 0.25) is 0 Å². The summed E-state index contributed by atoms with van der Waals surface area (Å²) < 4.78 is 26.3. The normalized spacial score (nSPS) is 22.9. The lowest BCUT2D eigenvalue weighted by Crippen LogP contribution is -2.40. The molecular weight excluding hydrogens is 548 g/mol. The predicted octanol–water partition coefficient (Wildman–Crippen LogP) is 4.62. The van der Waals surface area contributed by atoms with Crippen LogP contribution in [0.5, 0.6) is 0 Å². The lowest BCUT2D eigenvalue weighted by Gasteiger charge is -2.30. The SMILES string of the molecule is CCOC(=O)C(OC(=O)[C@H]1CC[C@H](CNC(=O)OC(C)(C)C)CC1)OC(=O)[C@H]1CC[C@H](CNC(=O)OC(C)(C)C)CC1. The minimum absolute atomic E-state index is 0.0376. The standard InChI is InChI=1S/C30H50N2O10/c1-8-38-25(35)26(39-23(33)21-13-9-19(10-14-21)17-31-27(36)41-29(2,3)4)40-24(34)22-15-11-20(12-16-22)18-32-28(37)42-30(5,6)7/h19-22,26H,8-18H2,1-7H3,(H,31,36)(H,32,37)/t19-,20-,21-,22-. The summed E-state index contributed by atoms with van der Waals surface area (Å²) in [6.45, 7) is 13.3. The average molecular weight is 599 g/mol. The molecule has 2 aliphatic rings. The maximum atomic E-state index is 12.9. The zero-order valence-electron chi connectivity index (χ0n) is 26.2. The van der Waals surface area contributed by atoms with Crippen molar-refractivity contribution < 1.29 is 47.7 Å². The molecule has 0 spiro atoms. The molecule has 240 valence electrons. The minimum Gasteiger partial charge on any atom is -0.460 e. The Balaban J connectivity index is 1.80. The van der Waals surface area contributed by atoms with E-state index >= 15 is 0 Å². The number of esters is 3. The summed E-state index contributed by atoms with van der Waals surface area (Å²) in [5.74, 6) is -2.68. The van der Waals surface area contributed by atoms with E-state index in [2.05, 4.69) is 10.6 Å². The third-order valence-electron chi connectivity index (χ3n) is 7.15. The summed E-state index contributed by atoms with van der Waals surface area (Å²) in [7, 11) is 0. The van der Waals surface area contributed by atoms with Crippen LogP contribution in [0, 0.1) is 23.7 Å². The number of amides is 2. The number of alkyl carbamates (subject to hydrolysis) is 2. The molecule has 0 radical (unpaired) electrons. The second kappa shape index (κ2) is 16.0. The van der Waals surface area contributed by atoms with Gasteiger partial charge in [0.25, 0.3) is 0 Å². The smallest absolute Gasteiger partial charge is 0.407 e. The minimum atomic E-state index is -1.76. The van der Waals surface area contributed by atoms with E-state index in [-0.39, 0.29) is 18.4 Å². The fourth-order valence-electron chi connectivity index (χ4n) is 5.02. The van der Waals surface area contributed by atoms with Crippen molar-refractivity contribution in [1.82, 2.24) is 10.6 Å². The van der Waals surface area contributed by atoms with E-state index in [9.17, 15) is 24.0 Å². The molecule has 0 aromatic heterocycles. The Bertz CT molecular complexity index is 857. The Labute approximate surface area is 249 Å². The molecule has 2 rings (SSSR count). The van der Waals surface area contributed by atoms with Gasteiger partial charge in [-0.05, 0) is 112 Å². The maximum absolute atomic E-state index is 12.9. The number of carbonyl (C=O) groups excluding carboxylic acids is 5. The molecule has 2 aliphatic carbocycles. The van der Waals surface area contributed by atoms with Gasteiger partial charge in [-0.1, -0.05) is 0 Å². The zero-order valence-corrected chi connectivity index (χ0v) is 26.2. The number of ether oxygens (including phenoxy) is 5. The van der Waals surface area contributed by atoms with Crippen LogP contribution in [0.3, 0.4) is 0 Å². The summed E-state index contributed by atoms with van der Waals surface area (Å²) in [6.07, 6.45) is 2.10. The molecule has 2 N–H and O–H groups in total. The summed E-state index contributed by atoms with van der Waals surface area (Å²) >= 11 is 0. The monoisotopic (exact) mass is 598 g/mol. The molecule has 0 atom stereocenters. The third-order valence-corrected chi connectivity index (χ3v) is 7.15. The van der Waals surface area contributed by atoms with E-state index in [0.717, 1.165) is 0 Å². The van der Waals surface area contributed by atoms with Crippen molar-refractivity contribution in [3.63, 3.8) is 0 Å². The summed E-state index contributed by atoms with van der Waals surface area (Å²) in [6, 6.07) is 0. The number of hydrogen-bond donors (Lipinski definition) is 2. The molecule has 12 heteroatoms. The van der Waals surface area contributed by atoms with Gasteiger partial charge in [-0.2, -0.15) is 0 Å². The van der Waals surface area contributed by atoms with E-state index in [0.29, 0.717) is 64.5 Å². The van der Waals surface area contributed by atoms with Crippen molar-refractivity contribution in [3.05, 3.63) is 0 Å². The first-order valence-corrected chi connectivity index (χ1v) is 15.1. The quantitative estimate of drug-likeness (QED) is 0.207. The lowest BCUT2D eigenvalue weighted by atomic mass is 9.82. The van der Waals surface area contributed by atoms with E-state index in [1.807, 2.05) is 0 Å². The van der Waals surface area contributed by atoms with Gasteiger partial charge in [0.1, 0.15) is 11.2 Å². The molecule has 2 fully saturated rings. The molecule has 0 aromatic carbocycles. The van der Waals surface area contributed by atoms with Gasteiger partial charge in [0, 0.05) is 13.1 Å². The lowest BCUT2D eigenvalue weighted by molar-refractivity contribution is -0.209. The molecule has 0 aromatic rings. The van der Waals surface area contributed by atoms with Gasteiger partial charge < -0.3 is 34.3 Å². The Morgan fingerprint density at radius 1 is 0.643 bits per heavy atom. The second-order valence-corrected chi connectivity index (χ2v) is 13.2. The Kier molecular flexibility index (Phi) is 13.4. The number of nitrogens with one attached hydrogen (secondary N) is 2. The van der Waals surface area contributed by atoms with E-state index in [4.69, 9.17) is 23.7 Å². The molecule has 2 saturated carbocycles. The van der Waals surface area contributed by atoms with Crippen molar-refractivity contribution in [2.24, 2.45) is 23.7 Å². The highest BCUT2D eigenvalue weighted by Gasteiger charge is 2.36. The van der Waals surface area contributed by atoms with Crippen LogP contribution in [-0.4, -0.2) is 67.3 Å². The van der Waals surface area contributed by atoms with E-state index in [1.165, 1.54) is 0 Å². The summed E-state index contributed by atoms with van der Waals surface area (Å²) in [4.78, 5) is 62.1. The van der Waals surface area contributed by atoms with Gasteiger partial charge in [0.15, 0.2) is 0 Å². The van der Waals surface area contributed by atoms with Gasteiger partial charge in [-0.15, -0.1) is 0 Å². The van der Waals surface area contributed by atoms with Gasteiger partial charge in [-0.25, -0.2) is 14.4 Å². The van der Waals surface area contributed by atoms with Crippen LogP contribution in [0.15, 0.2) is 0 Å². The molecule has 0 aliphatic heterocycles. The number of carbonyl (C=O) groups is 5. The first kappa shape index (κ1) is 35.1. The van der Waals surface area contributed by atoms with Crippen LogP contribution in [0.4, 0.5) is 9.59 Å². The number of rotatable bonds is 10. The van der Waals surface area contributed by atoms with Crippen LogP contribution >= 0.6 is 0 Å². The largest absolute Gasteiger partial charge is 0.460 e. The topological polar surface area (TPSA) is 156 Å². The highest BCUT2D eigenvalue weighted by atomic mass is 16.7. The van der Waals surface area contributed by atoms with Crippen molar-refractivity contribution in [3.8, 4) is 0 Å². The Morgan fingerprint density at radius 2 is 1.00 bits per heavy atom. The zero-order chi connectivity index (χ0) is 31.5.